The SMILES string of the molecule is Cc1ccc(SCCn2cc(C(=O)O)nn2)cc1C. The summed E-state index contributed by atoms with van der Waals surface area (Å²) in [4.78, 5) is 11.9. The van der Waals surface area contributed by atoms with Crippen molar-refractivity contribution in [3.8, 4) is 0 Å². The van der Waals surface area contributed by atoms with Gasteiger partial charge in [0.1, 0.15) is 0 Å². The Morgan fingerprint density at radius 1 is 1.37 bits per heavy atom. The Morgan fingerprint density at radius 3 is 2.79 bits per heavy atom. The van der Waals surface area contributed by atoms with Crippen LogP contribution in [-0.4, -0.2) is 31.8 Å². The van der Waals surface area contributed by atoms with Crippen molar-refractivity contribution in [3.05, 3.63) is 41.2 Å². The highest BCUT2D eigenvalue weighted by molar-refractivity contribution is 7.99. The second-order valence-electron chi connectivity index (χ2n) is 4.27. The largest absolute Gasteiger partial charge is 0.476 e. The van der Waals surface area contributed by atoms with Crippen LogP contribution in [0.2, 0.25) is 0 Å². The standard InChI is InChI=1S/C13H15N3O2S/c1-9-3-4-11(7-10(9)2)19-6-5-16-8-12(13(17)18)14-15-16/h3-4,7-8H,5-6H2,1-2H3,(H,17,18). The molecule has 5 nitrogen and oxygen atoms in total. The molecule has 100 valence electrons. The molecule has 0 spiro atoms. The lowest BCUT2D eigenvalue weighted by atomic mass is 10.1. The number of benzene rings is 1. The van der Waals surface area contributed by atoms with Crippen LogP contribution in [0.25, 0.3) is 0 Å². The van der Waals surface area contributed by atoms with E-state index in [-0.39, 0.29) is 5.69 Å². The maximum absolute atomic E-state index is 10.7. The molecule has 0 atom stereocenters. The molecule has 6 heteroatoms. The Bertz CT molecular complexity index is 595. The fourth-order valence-electron chi connectivity index (χ4n) is 1.57. The number of rotatable bonds is 5. The quantitative estimate of drug-likeness (QED) is 0.850. The number of hydrogen-bond acceptors (Lipinski definition) is 4. The van der Waals surface area contributed by atoms with Crippen molar-refractivity contribution in [1.29, 1.82) is 0 Å². The van der Waals surface area contributed by atoms with Gasteiger partial charge in [-0.3, -0.25) is 4.68 Å². The smallest absolute Gasteiger partial charge is 0.358 e. The Kier molecular flexibility index (Phi) is 4.21. The lowest BCUT2D eigenvalue weighted by Gasteiger charge is -2.05. The molecule has 2 rings (SSSR count). The first-order valence-corrected chi connectivity index (χ1v) is 6.88. The fourth-order valence-corrected chi connectivity index (χ4v) is 2.50. The van der Waals surface area contributed by atoms with Gasteiger partial charge in [0, 0.05) is 10.6 Å². The number of aryl methyl sites for hydroxylation is 3. The normalized spacial score (nSPS) is 10.6. The van der Waals surface area contributed by atoms with Gasteiger partial charge in [0.25, 0.3) is 0 Å². The first kappa shape index (κ1) is 13.6. The molecule has 0 saturated heterocycles. The summed E-state index contributed by atoms with van der Waals surface area (Å²) in [5.74, 6) is -0.224. The first-order valence-electron chi connectivity index (χ1n) is 5.90. The van der Waals surface area contributed by atoms with Crippen LogP contribution < -0.4 is 0 Å². The molecule has 0 aliphatic carbocycles. The summed E-state index contributed by atoms with van der Waals surface area (Å²) < 4.78 is 1.55. The van der Waals surface area contributed by atoms with Crippen LogP contribution in [0.5, 0.6) is 0 Å². The lowest BCUT2D eigenvalue weighted by Crippen LogP contribution is -2.01. The van der Waals surface area contributed by atoms with E-state index in [2.05, 4.69) is 42.4 Å². The average molecular weight is 277 g/mol. The molecular weight excluding hydrogens is 262 g/mol. The Hall–Kier alpha value is -1.82. The van der Waals surface area contributed by atoms with Crippen LogP contribution in [0.3, 0.4) is 0 Å². The predicted molar refractivity (Wildman–Crippen MR) is 73.6 cm³/mol. The third-order valence-corrected chi connectivity index (χ3v) is 3.80. The fraction of sp³-hybridized carbons (Fsp3) is 0.308. The summed E-state index contributed by atoms with van der Waals surface area (Å²) >= 11 is 1.72. The minimum absolute atomic E-state index is 0.0174. The van der Waals surface area contributed by atoms with Gasteiger partial charge in [0.05, 0.1) is 12.7 Å². The Morgan fingerprint density at radius 2 is 2.16 bits per heavy atom. The van der Waals surface area contributed by atoms with Crippen LogP contribution in [-0.2, 0) is 6.54 Å². The molecule has 1 aromatic carbocycles. The van der Waals surface area contributed by atoms with Crippen LogP contribution in [0.4, 0.5) is 0 Å². The summed E-state index contributed by atoms with van der Waals surface area (Å²) in [7, 11) is 0. The first-order chi connectivity index (χ1) is 9.06. The van der Waals surface area contributed by atoms with E-state index in [0.717, 1.165) is 5.75 Å². The van der Waals surface area contributed by atoms with Gasteiger partial charge in [-0.05, 0) is 37.1 Å². The molecule has 1 aromatic heterocycles. The molecule has 0 radical (unpaired) electrons. The van der Waals surface area contributed by atoms with Crippen molar-refractivity contribution in [3.63, 3.8) is 0 Å². The van der Waals surface area contributed by atoms with Gasteiger partial charge in [-0.2, -0.15) is 0 Å². The third-order valence-electron chi connectivity index (χ3n) is 2.83. The van der Waals surface area contributed by atoms with Gasteiger partial charge >= 0.3 is 5.97 Å². The average Bonchev–Trinajstić information content (AvgIpc) is 2.83. The molecular formula is C13H15N3O2S. The molecule has 2 aromatic rings. The highest BCUT2D eigenvalue weighted by Gasteiger charge is 2.07. The molecule has 19 heavy (non-hydrogen) atoms. The second-order valence-corrected chi connectivity index (χ2v) is 5.43. The van der Waals surface area contributed by atoms with Crippen molar-refractivity contribution in [2.75, 3.05) is 5.75 Å². The minimum Gasteiger partial charge on any atom is -0.476 e. The zero-order valence-corrected chi connectivity index (χ0v) is 11.6. The van der Waals surface area contributed by atoms with E-state index in [1.165, 1.54) is 22.2 Å². The minimum atomic E-state index is -1.05. The van der Waals surface area contributed by atoms with E-state index >= 15 is 0 Å². The molecule has 1 heterocycles. The van der Waals surface area contributed by atoms with Crippen molar-refractivity contribution in [1.82, 2.24) is 15.0 Å². The molecule has 0 unspecified atom stereocenters. The van der Waals surface area contributed by atoms with Crippen LogP contribution in [0.15, 0.2) is 29.3 Å². The number of carboxylic acid groups (broad SMARTS) is 1. The number of aromatic nitrogens is 3. The van der Waals surface area contributed by atoms with Gasteiger partial charge in [0.2, 0.25) is 0 Å². The van der Waals surface area contributed by atoms with Gasteiger partial charge in [0.15, 0.2) is 5.69 Å². The summed E-state index contributed by atoms with van der Waals surface area (Å²) in [5, 5.41) is 16.1. The van der Waals surface area contributed by atoms with Crippen molar-refractivity contribution < 1.29 is 9.90 Å². The predicted octanol–water partition coefficient (Wildman–Crippen LogP) is 2.39. The summed E-state index contributed by atoms with van der Waals surface area (Å²) in [5.41, 5.74) is 2.54. The van der Waals surface area contributed by atoms with E-state index in [9.17, 15) is 4.79 Å². The number of carbonyl (C=O) groups is 1. The van der Waals surface area contributed by atoms with E-state index in [1.807, 2.05) is 0 Å². The van der Waals surface area contributed by atoms with Gasteiger partial charge < -0.3 is 5.11 Å². The number of thioether (sulfide) groups is 1. The molecule has 0 aliphatic heterocycles. The second kappa shape index (κ2) is 5.88. The van der Waals surface area contributed by atoms with Gasteiger partial charge in [-0.25, -0.2) is 4.79 Å². The zero-order valence-electron chi connectivity index (χ0n) is 10.8. The molecule has 1 N–H and O–H groups in total. The molecule has 0 fully saturated rings. The Labute approximate surface area is 115 Å². The maximum Gasteiger partial charge on any atom is 0.358 e. The third kappa shape index (κ3) is 3.57. The van der Waals surface area contributed by atoms with E-state index in [4.69, 9.17) is 5.11 Å². The lowest BCUT2D eigenvalue weighted by molar-refractivity contribution is 0.0690. The Balaban J connectivity index is 1.88. The van der Waals surface area contributed by atoms with Crippen LogP contribution in [0.1, 0.15) is 21.6 Å². The maximum atomic E-state index is 10.7. The van der Waals surface area contributed by atoms with Gasteiger partial charge in [-0.1, -0.05) is 11.3 Å². The van der Waals surface area contributed by atoms with Gasteiger partial charge in [-0.15, -0.1) is 16.9 Å². The molecule has 0 saturated carbocycles. The summed E-state index contributed by atoms with van der Waals surface area (Å²) in [6, 6.07) is 6.36. The van der Waals surface area contributed by atoms with Crippen molar-refractivity contribution in [2.45, 2.75) is 25.3 Å². The monoisotopic (exact) mass is 277 g/mol. The van der Waals surface area contributed by atoms with Crippen molar-refractivity contribution >= 4 is 17.7 Å². The molecule has 0 amide bonds. The number of nitrogens with zero attached hydrogens (tertiary/aromatic N) is 3. The number of hydrogen-bond donors (Lipinski definition) is 1. The van der Waals surface area contributed by atoms with Crippen molar-refractivity contribution in [2.24, 2.45) is 0 Å². The van der Waals surface area contributed by atoms with Crippen LogP contribution >= 0.6 is 11.8 Å². The number of carboxylic acids is 1. The summed E-state index contributed by atoms with van der Waals surface area (Å²) in [6.45, 7) is 4.82. The topological polar surface area (TPSA) is 68.0 Å². The van der Waals surface area contributed by atoms with Crippen LogP contribution in [0, 0.1) is 13.8 Å². The summed E-state index contributed by atoms with van der Waals surface area (Å²) in [6.07, 6.45) is 1.45. The molecule has 0 bridgehead atoms. The highest BCUT2D eigenvalue weighted by Crippen LogP contribution is 2.21. The van der Waals surface area contributed by atoms with E-state index < -0.39 is 5.97 Å². The zero-order chi connectivity index (χ0) is 13.8. The molecule has 0 aliphatic rings. The van der Waals surface area contributed by atoms with E-state index in [0.29, 0.717) is 6.54 Å². The number of aromatic carboxylic acids is 1. The highest BCUT2D eigenvalue weighted by atomic mass is 32.2. The van der Waals surface area contributed by atoms with E-state index in [1.54, 1.807) is 16.4 Å².